The monoisotopic (exact) mass is 414 g/mol. The largest absolute Gasteiger partial charge is 0.361 e. The van der Waals surface area contributed by atoms with Gasteiger partial charge in [0, 0.05) is 54.5 Å². The molecule has 5 rings (SSSR count). The number of aromatic nitrogens is 4. The third kappa shape index (κ3) is 4.01. The van der Waals surface area contributed by atoms with Gasteiger partial charge in [-0.2, -0.15) is 0 Å². The van der Waals surface area contributed by atoms with Gasteiger partial charge in [0.15, 0.2) is 0 Å². The molecule has 160 valence electrons. The van der Waals surface area contributed by atoms with E-state index in [0.717, 1.165) is 38.2 Å². The normalized spacial score (nSPS) is 18.5. The summed E-state index contributed by atoms with van der Waals surface area (Å²) in [6.07, 6.45) is 7.84. The summed E-state index contributed by atoms with van der Waals surface area (Å²) >= 11 is 0. The highest BCUT2D eigenvalue weighted by atomic mass is 15.2. The zero-order chi connectivity index (χ0) is 21.2. The number of aryl methyl sites for hydroxylation is 2. The molecule has 0 radical (unpaired) electrons. The van der Waals surface area contributed by atoms with E-state index in [0.29, 0.717) is 12.1 Å². The lowest BCUT2D eigenvalue weighted by Crippen LogP contribution is -2.49. The van der Waals surface area contributed by atoms with Crippen molar-refractivity contribution >= 4 is 10.9 Å². The first kappa shape index (κ1) is 20.0. The molecule has 0 spiro atoms. The summed E-state index contributed by atoms with van der Waals surface area (Å²) in [6, 6.07) is 16.2. The maximum atomic E-state index is 3.93. The van der Waals surface area contributed by atoms with Crippen LogP contribution in [0.1, 0.15) is 36.1 Å². The smallest absolute Gasteiger partial charge is 0.123 e. The Bertz CT molecular complexity index is 1150. The molecule has 6 nitrogen and oxygen atoms in total. The van der Waals surface area contributed by atoms with E-state index in [2.05, 4.69) is 87.9 Å². The van der Waals surface area contributed by atoms with Crippen LogP contribution in [0.15, 0.2) is 61.3 Å². The van der Waals surface area contributed by atoms with Crippen molar-refractivity contribution in [2.45, 2.75) is 38.8 Å². The molecule has 1 fully saturated rings. The van der Waals surface area contributed by atoms with Gasteiger partial charge in [-0.3, -0.25) is 9.47 Å². The molecule has 1 aliphatic heterocycles. The summed E-state index contributed by atoms with van der Waals surface area (Å²) in [5.41, 5.74) is 6.48. The Morgan fingerprint density at radius 3 is 2.81 bits per heavy atom. The third-order valence-electron chi connectivity index (χ3n) is 6.70. The molecule has 3 heterocycles. The van der Waals surface area contributed by atoms with Crippen molar-refractivity contribution in [2.24, 2.45) is 0 Å². The molecule has 0 bridgehead atoms. The van der Waals surface area contributed by atoms with Gasteiger partial charge in [0.2, 0.25) is 0 Å². The van der Waals surface area contributed by atoms with Crippen molar-refractivity contribution in [1.29, 1.82) is 0 Å². The molecule has 0 amide bonds. The molecule has 2 N–H and O–H groups in total. The summed E-state index contributed by atoms with van der Waals surface area (Å²) < 4.78 is 1.95. The van der Waals surface area contributed by atoms with Gasteiger partial charge < -0.3 is 10.3 Å². The number of hydrogen-bond acceptors (Lipinski definition) is 4. The van der Waals surface area contributed by atoms with Gasteiger partial charge in [-0.05, 0) is 61.6 Å². The molecule has 31 heavy (non-hydrogen) atoms. The van der Waals surface area contributed by atoms with Crippen molar-refractivity contribution in [2.75, 3.05) is 19.6 Å². The number of benzene rings is 2. The van der Waals surface area contributed by atoms with Gasteiger partial charge >= 0.3 is 0 Å². The van der Waals surface area contributed by atoms with Gasteiger partial charge in [-0.1, -0.05) is 24.3 Å². The first-order chi connectivity index (χ1) is 15.2. The molecule has 0 aliphatic carbocycles. The van der Waals surface area contributed by atoms with E-state index >= 15 is 0 Å². The summed E-state index contributed by atoms with van der Waals surface area (Å²) in [6.45, 7) is 7.78. The summed E-state index contributed by atoms with van der Waals surface area (Å²) in [4.78, 5) is 6.13. The number of H-pyrrole nitrogens is 1. The Kier molecular flexibility index (Phi) is 5.57. The van der Waals surface area contributed by atoms with E-state index < -0.39 is 0 Å². The number of aromatic amines is 1. The van der Waals surface area contributed by atoms with Gasteiger partial charge in [0.1, 0.15) is 12.7 Å². The third-order valence-corrected chi connectivity index (χ3v) is 6.70. The predicted molar refractivity (Wildman–Crippen MR) is 124 cm³/mol. The fourth-order valence-electron chi connectivity index (χ4n) is 4.89. The van der Waals surface area contributed by atoms with Crippen molar-refractivity contribution in [3.63, 3.8) is 0 Å². The number of nitrogens with zero attached hydrogens (tertiary/aromatic N) is 4. The molecule has 2 aromatic carbocycles. The Morgan fingerprint density at radius 2 is 1.97 bits per heavy atom. The second-order valence-corrected chi connectivity index (χ2v) is 8.61. The molecule has 4 aromatic rings. The fraction of sp³-hybridized carbons (Fsp3) is 0.360. The van der Waals surface area contributed by atoms with E-state index in [-0.39, 0.29) is 0 Å². The minimum absolute atomic E-state index is 0.438. The maximum absolute atomic E-state index is 3.93. The lowest BCUT2D eigenvalue weighted by atomic mass is 9.95. The highest BCUT2D eigenvalue weighted by Gasteiger charge is 2.28. The van der Waals surface area contributed by atoms with Crippen LogP contribution in [0.25, 0.3) is 16.6 Å². The Labute approximate surface area is 183 Å². The van der Waals surface area contributed by atoms with E-state index in [1.165, 1.54) is 27.6 Å². The molecular weight excluding hydrogens is 384 g/mol. The summed E-state index contributed by atoms with van der Waals surface area (Å²) in [5, 5.41) is 12.8. The van der Waals surface area contributed by atoms with Crippen LogP contribution in [0.4, 0.5) is 0 Å². The van der Waals surface area contributed by atoms with Crippen LogP contribution in [-0.4, -0.2) is 50.3 Å². The zero-order valence-electron chi connectivity index (χ0n) is 18.3. The van der Waals surface area contributed by atoms with Gasteiger partial charge in [-0.15, -0.1) is 10.2 Å². The summed E-state index contributed by atoms with van der Waals surface area (Å²) in [5.74, 6) is 0. The van der Waals surface area contributed by atoms with Crippen LogP contribution in [0.5, 0.6) is 0 Å². The van der Waals surface area contributed by atoms with E-state index in [1.54, 1.807) is 12.7 Å². The lowest BCUT2D eigenvalue weighted by Gasteiger charge is -2.41. The molecule has 1 saturated heterocycles. The molecule has 6 heteroatoms. The van der Waals surface area contributed by atoms with Crippen LogP contribution in [0.3, 0.4) is 0 Å². The standard InChI is InChI=1S/C25H30N6/c1-18-5-3-4-6-22(18)25-15-26-11-12-31(25)19(2)7-8-20-14-27-24-10-9-21(13-23(20)24)30-16-28-29-17-30/h3-6,9-10,13-14,16-17,19,25-27H,7-8,11-12,15H2,1-2H3. The minimum Gasteiger partial charge on any atom is -0.361 e. The van der Waals surface area contributed by atoms with Crippen LogP contribution >= 0.6 is 0 Å². The average Bonchev–Trinajstić information content (AvgIpc) is 3.48. The molecule has 1 aliphatic rings. The molecule has 2 aromatic heterocycles. The Balaban J connectivity index is 1.33. The van der Waals surface area contributed by atoms with Gasteiger partial charge in [-0.25, -0.2) is 0 Å². The van der Waals surface area contributed by atoms with Crippen molar-refractivity contribution < 1.29 is 0 Å². The van der Waals surface area contributed by atoms with Gasteiger partial charge in [0.25, 0.3) is 0 Å². The maximum Gasteiger partial charge on any atom is 0.123 e. The van der Waals surface area contributed by atoms with Gasteiger partial charge in [0.05, 0.1) is 0 Å². The van der Waals surface area contributed by atoms with E-state index in [1.807, 2.05) is 4.57 Å². The average molecular weight is 415 g/mol. The molecule has 0 saturated carbocycles. The Hall–Kier alpha value is -2.96. The second-order valence-electron chi connectivity index (χ2n) is 8.61. The number of rotatable bonds is 6. The van der Waals surface area contributed by atoms with Crippen LogP contribution in [-0.2, 0) is 6.42 Å². The zero-order valence-corrected chi connectivity index (χ0v) is 18.3. The Morgan fingerprint density at radius 1 is 1.13 bits per heavy atom. The highest BCUT2D eigenvalue weighted by Crippen LogP contribution is 2.29. The van der Waals surface area contributed by atoms with Crippen LogP contribution in [0, 0.1) is 6.92 Å². The first-order valence-corrected chi connectivity index (χ1v) is 11.2. The topological polar surface area (TPSA) is 61.8 Å². The second kappa shape index (κ2) is 8.65. The molecular formula is C25H30N6. The molecule has 2 unspecified atom stereocenters. The quantitative estimate of drug-likeness (QED) is 0.500. The van der Waals surface area contributed by atoms with Crippen LogP contribution in [0.2, 0.25) is 0 Å². The highest BCUT2D eigenvalue weighted by molar-refractivity contribution is 5.85. The van der Waals surface area contributed by atoms with Crippen molar-refractivity contribution in [3.05, 3.63) is 78.0 Å². The predicted octanol–water partition coefficient (Wildman–Crippen LogP) is 4.02. The van der Waals surface area contributed by atoms with E-state index in [9.17, 15) is 0 Å². The van der Waals surface area contributed by atoms with Crippen molar-refractivity contribution in [3.8, 4) is 5.69 Å². The summed E-state index contributed by atoms with van der Waals surface area (Å²) in [7, 11) is 0. The number of nitrogens with one attached hydrogen (secondary N) is 2. The minimum atomic E-state index is 0.438. The van der Waals surface area contributed by atoms with E-state index in [4.69, 9.17) is 0 Å². The number of piperazine rings is 1. The van der Waals surface area contributed by atoms with Crippen LogP contribution < -0.4 is 5.32 Å². The number of hydrogen-bond donors (Lipinski definition) is 2. The SMILES string of the molecule is Cc1ccccc1C1CNCCN1C(C)CCc1c[nH]c2ccc(-n3cnnc3)cc12. The fourth-order valence-corrected chi connectivity index (χ4v) is 4.89. The van der Waals surface area contributed by atoms with Crippen molar-refractivity contribution in [1.82, 2.24) is 30.0 Å². The molecule has 2 atom stereocenters. The lowest BCUT2D eigenvalue weighted by molar-refractivity contribution is 0.109. The first-order valence-electron chi connectivity index (χ1n) is 11.2. The number of fused-ring (bicyclic) bond motifs is 1.